The van der Waals surface area contributed by atoms with Gasteiger partial charge >= 0.3 is 0 Å². The number of piperidine rings is 1. The minimum Gasteiger partial charge on any atom is -0.371 e. The second kappa shape index (κ2) is 8.31. The smallest absolute Gasteiger partial charge is 0.276 e. The predicted molar refractivity (Wildman–Crippen MR) is 110 cm³/mol. The molecule has 3 heterocycles. The molecule has 0 spiro atoms. The van der Waals surface area contributed by atoms with Gasteiger partial charge in [-0.05, 0) is 57.3 Å². The van der Waals surface area contributed by atoms with Crippen molar-refractivity contribution in [3.63, 3.8) is 0 Å². The van der Waals surface area contributed by atoms with Gasteiger partial charge in [0.1, 0.15) is 0 Å². The van der Waals surface area contributed by atoms with Crippen molar-refractivity contribution in [3.8, 4) is 0 Å². The average Bonchev–Trinajstić information content (AvgIpc) is 3.38. The van der Waals surface area contributed by atoms with Crippen LogP contribution in [0.3, 0.4) is 0 Å². The molecule has 0 aliphatic carbocycles. The quantitative estimate of drug-likeness (QED) is 0.860. The summed E-state index contributed by atoms with van der Waals surface area (Å²) in [6.45, 7) is 6.70. The van der Waals surface area contributed by atoms with Gasteiger partial charge < -0.3 is 15.1 Å². The van der Waals surface area contributed by atoms with E-state index in [0.717, 1.165) is 44.7 Å². The number of rotatable bonds is 5. The summed E-state index contributed by atoms with van der Waals surface area (Å²) in [5.41, 5.74) is 3.77. The Hall–Kier alpha value is -2.41. The van der Waals surface area contributed by atoms with Crippen molar-refractivity contribution in [2.75, 3.05) is 38.1 Å². The summed E-state index contributed by atoms with van der Waals surface area (Å²) >= 11 is 0. The molecule has 1 N–H and O–H groups in total. The molecule has 150 valence electrons. The first-order valence-corrected chi connectivity index (χ1v) is 10.4. The summed E-state index contributed by atoms with van der Waals surface area (Å²) in [5.74, 6) is -0.0612. The van der Waals surface area contributed by atoms with Crippen LogP contribution in [0.15, 0.2) is 24.3 Å². The van der Waals surface area contributed by atoms with E-state index in [1.165, 1.54) is 24.1 Å². The average molecular weight is 383 g/mol. The van der Waals surface area contributed by atoms with Gasteiger partial charge in [-0.3, -0.25) is 4.79 Å². The fraction of sp³-hybridized carbons (Fsp3) is 0.571. The summed E-state index contributed by atoms with van der Waals surface area (Å²) in [7, 11) is 1.85. The van der Waals surface area contributed by atoms with Crippen LogP contribution in [0.1, 0.15) is 53.5 Å². The van der Waals surface area contributed by atoms with Gasteiger partial charge in [-0.2, -0.15) is 0 Å². The highest BCUT2D eigenvalue weighted by Gasteiger charge is 2.25. The first-order valence-electron chi connectivity index (χ1n) is 10.4. The van der Waals surface area contributed by atoms with Crippen LogP contribution in [-0.2, 0) is 6.54 Å². The molecule has 2 saturated heterocycles. The first kappa shape index (κ1) is 18.9. The van der Waals surface area contributed by atoms with E-state index >= 15 is 0 Å². The number of benzene rings is 1. The third-order valence-corrected chi connectivity index (χ3v) is 5.98. The van der Waals surface area contributed by atoms with Crippen LogP contribution in [0.25, 0.3) is 0 Å². The molecule has 2 aromatic rings. The van der Waals surface area contributed by atoms with Crippen LogP contribution >= 0.6 is 0 Å². The van der Waals surface area contributed by atoms with Gasteiger partial charge in [0.05, 0.1) is 11.7 Å². The van der Waals surface area contributed by atoms with Crippen LogP contribution in [0.5, 0.6) is 0 Å². The van der Waals surface area contributed by atoms with E-state index in [-0.39, 0.29) is 5.91 Å². The number of carbonyl (C=O) groups excluding carboxylic acids is 1. The number of para-hydroxylation sites is 1. The van der Waals surface area contributed by atoms with Crippen molar-refractivity contribution in [1.82, 2.24) is 25.2 Å². The molecule has 0 radical (unpaired) electrons. The first-order chi connectivity index (χ1) is 13.6. The number of nitrogens with zero attached hydrogens (tertiary/aromatic N) is 5. The molecule has 2 fully saturated rings. The fourth-order valence-electron chi connectivity index (χ4n) is 4.36. The Balaban J connectivity index is 1.49. The lowest BCUT2D eigenvalue weighted by Crippen LogP contribution is -2.31. The number of nitrogens with one attached hydrogen (secondary N) is 1. The number of amides is 1. The maximum absolute atomic E-state index is 13.1. The van der Waals surface area contributed by atoms with Crippen molar-refractivity contribution in [2.45, 2.75) is 45.2 Å². The molecule has 0 bridgehead atoms. The van der Waals surface area contributed by atoms with Gasteiger partial charge in [0.2, 0.25) is 0 Å². The minimum atomic E-state index is -0.0612. The van der Waals surface area contributed by atoms with Crippen molar-refractivity contribution in [1.29, 1.82) is 0 Å². The third kappa shape index (κ3) is 3.76. The molecule has 0 atom stereocenters. The molecule has 4 rings (SSSR count). The van der Waals surface area contributed by atoms with E-state index in [2.05, 4.69) is 38.7 Å². The van der Waals surface area contributed by atoms with Gasteiger partial charge in [0.25, 0.3) is 5.91 Å². The van der Waals surface area contributed by atoms with Gasteiger partial charge in [0, 0.05) is 32.4 Å². The number of hydrogen-bond acceptors (Lipinski definition) is 5. The van der Waals surface area contributed by atoms with E-state index in [1.54, 1.807) is 4.90 Å². The molecule has 7 nitrogen and oxygen atoms in total. The van der Waals surface area contributed by atoms with Crippen molar-refractivity contribution in [2.24, 2.45) is 0 Å². The van der Waals surface area contributed by atoms with Crippen LogP contribution in [0, 0.1) is 6.92 Å². The molecular weight excluding hydrogens is 352 g/mol. The van der Waals surface area contributed by atoms with Crippen molar-refractivity contribution >= 4 is 11.6 Å². The highest BCUT2D eigenvalue weighted by molar-refractivity contribution is 5.93. The number of carbonyl (C=O) groups is 1. The second-order valence-corrected chi connectivity index (χ2v) is 7.93. The monoisotopic (exact) mass is 382 g/mol. The van der Waals surface area contributed by atoms with Crippen molar-refractivity contribution < 1.29 is 4.79 Å². The largest absolute Gasteiger partial charge is 0.371 e. The van der Waals surface area contributed by atoms with E-state index < -0.39 is 0 Å². The van der Waals surface area contributed by atoms with Crippen LogP contribution < -0.4 is 10.2 Å². The van der Waals surface area contributed by atoms with Gasteiger partial charge in [0.15, 0.2) is 5.69 Å². The van der Waals surface area contributed by atoms with Crippen LogP contribution in [-0.4, -0.2) is 59.0 Å². The van der Waals surface area contributed by atoms with Gasteiger partial charge in [-0.15, -0.1) is 5.10 Å². The summed E-state index contributed by atoms with van der Waals surface area (Å²) < 4.78 is 1.94. The van der Waals surface area contributed by atoms with E-state index in [9.17, 15) is 4.79 Å². The molecule has 0 unspecified atom stereocenters. The summed E-state index contributed by atoms with van der Waals surface area (Å²) in [6, 6.07) is 8.74. The minimum absolute atomic E-state index is 0.0612. The van der Waals surface area contributed by atoms with Crippen molar-refractivity contribution in [3.05, 3.63) is 41.2 Å². The highest BCUT2D eigenvalue weighted by Crippen LogP contribution is 2.26. The Morgan fingerprint density at radius 1 is 1.21 bits per heavy atom. The highest BCUT2D eigenvalue weighted by atomic mass is 16.2. The molecule has 28 heavy (non-hydrogen) atoms. The summed E-state index contributed by atoms with van der Waals surface area (Å²) in [6.07, 6.45) is 4.53. The molecule has 2 aliphatic rings. The molecule has 1 aromatic heterocycles. The Bertz CT molecular complexity index is 820. The maximum Gasteiger partial charge on any atom is 0.276 e. The predicted octanol–water partition coefficient (Wildman–Crippen LogP) is 2.38. The van der Waals surface area contributed by atoms with E-state index in [0.29, 0.717) is 18.3 Å². The molecule has 1 amide bonds. The summed E-state index contributed by atoms with van der Waals surface area (Å²) in [5, 5.41) is 11.9. The Labute approximate surface area is 166 Å². The Morgan fingerprint density at radius 2 is 1.93 bits per heavy atom. The number of hydrogen-bond donors (Lipinski definition) is 1. The standard InChI is InChI=1S/C21H30N6O/c1-16-20(23-24-27(16)18-9-11-22-12-10-18)21(28)25(2)15-17-7-3-4-8-19(17)26-13-5-6-14-26/h3-4,7-8,18,22H,5-6,9-15H2,1-2H3. The molecule has 7 heteroatoms. The van der Waals surface area contributed by atoms with Crippen LogP contribution in [0.2, 0.25) is 0 Å². The van der Waals surface area contributed by atoms with Gasteiger partial charge in [-0.25, -0.2) is 4.68 Å². The normalized spacial score (nSPS) is 17.9. The van der Waals surface area contributed by atoms with Gasteiger partial charge in [-0.1, -0.05) is 23.4 Å². The maximum atomic E-state index is 13.1. The Kier molecular flexibility index (Phi) is 5.62. The molecular formula is C21H30N6O. The lowest BCUT2D eigenvalue weighted by Gasteiger charge is -2.25. The lowest BCUT2D eigenvalue weighted by molar-refractivity contribution is 0.0778. The Morgan fingerprint density at radius 3 is 2.68 bits per heavy atom. The number of anilines is 1. The fourth-order valence-corrected chi connectivity index (χ4v) is 4.36. The lowest BCUT2D eigenvalue weighted by atomic mass is 10.1. The number of aromatic nitrogens is 3. The molecule has 1 aromatic carbocycles. The summed E-state index contributed by atoms with van der Waals surface area (Å²) in [4.78, 5) is 17.3. The SMILES string of the molecule is Cc1c(C(=O)N(C)Cc2ccccc2N2CCCC2)nnn1C1CCNCC1. The topological polar surface area (TPSA) is 66.3 Å². The zero-order valence-corrected chi connectivity index (χ0v) is 16.9. The zero-order chi connectivity index (χ0) is 19.5. The van der Waals surface area contributed by atoms with Crippen LogP contribution in [0.4, 0.5) is 5.69 Å². The second-order valence-electron chi connectivity index (χ2n) is 7.93. The van der Waals surface area contributed by atoms with E-state index in [4.69, 9.17) is 0 Å². The third-order valence-electron chi connectivity index (χ3n) is 5.98. The molecule has 2 aliphatic heterocycles. The molecule has 0 saturated carbocycles. The van der Waals surface area contributed by atoms with E-state index in [1.807, 2.05) is 24.7 Å². The zero-order valence-electron chi connectivity index (χ0n) is 16.9.